The van der Waals surface area contributed by atoms with Crippen LogP contribution in [0.5, 0.6) is 0 Å². The summed E-state index contributed by atoms with van der Waals surface area (Å²) in [4.78, 5) is 37.4. The number of ether oxygens (including phenoxy) is 2. The predicted molar refractivity (Wildman–Crippen MR) is 213 cm³/mol. The average Bonchev–Trinajstić information content (AvgIpc) is 3.09. The molecule has 10 heteroatoms. The van der Waals surface area contributed by atoms with E-state index in [0.29, 0.717) is 17.4 Å². The van der Waals surface area contributed by atoms with Gasteiger partial charge in [-0.05, 0) is 32.1 Å². The number of esters is 2. The summed E-state index contributed by atoms with van der Waals surface area (Å²) in [6.07, 6.45) is 36.2. The van der Waals surface area contributed by atoms with Crippen LogP contribution < -0.4 is 4.89 Å². The number of phosphoric ester groups is 1. The number of rotatable bonds is 38. The third-order valence-corrected chi connectivity index (χ3v) is 9.97. The molecule has 0 N–H and O–H groups in total. The molecule has 0 aromatic rings. The summed E-state index contributed by atoms with van der Waals surface area (Å²) in [5.41, 5.74) is 0. The monoisotopic (exact) mass is 758 g/mol. The van der Waals surface area contributed by atoms with E-state index >= 15 is 0 Å². The van der Waals surface area contributed by atoms with Crippen LogP contribution in [0.2, 0.25) is 0 Å². The first-order valence-corrected chi connectivity index (χ1v) is 22.5. The Bertz CT molecular complexity index is 949. The molecule has 0 aliphatic heterocycles. The lowest BCUT2D eigenvalue weighted by molar-refractivity contribution is -0.870. The second kappa shape index (κ2) is 35.2. The summed E-state index contributed by atoms with van der Waals surface area (Å²) < 4.78 is 33.8. The van der Waals surface area contributed by atoms with Gasteiger partial charge in [-0.1, -0.05) is 160 Å². The van der Waals surface area contributed by atoms with Gasteiger partial charge in [0.1, 0.15) is 19.8 Å². The van der Waals surface area contributed by atoms with Crippen LogP contribution in [0.25, 0.3) is 0 Å². The molecule has 0 aliphatic carbocycles. The third-order valence-electron chi connectivity index (χ3n) is 9.00. The standard InChI is InChI=1S/C42H80NO8P/c1-6-8-10-12-14-16-18-20-21-23-25-27-29-31-33-35-42(45)51-40(39-50-52(46,47)49-37-36-43(3,4)5)38-48-41(44)34-32-30-28-26-24-22-19-17-15-13-11-9-7-2/h12,14,16,18,40H,6-11,13,15,17,19-39H2,1-5H3/b14-12-,18-16-/t40-/m1/s1. The normalized spacial score (nSPS) is 13.9. The van der Waals surface area contributed by atoms with E-state index in [1.54, 1.807) is 0 Å². The van der Waals surface area contributed by atoms with E-state index in [-0.39, 0.29) is 32.0 Å². The highest BCUT2D eigenvalue weighted by Gasteiger charge is 2.21. The van der Waals surface area contributed by atoms with Crippen LogP contribution in [0.1, 0.15) is 181 Å². The minimum atomic E-state index is -4.62. The van der Waals surface area contributed by atoms with Gasteiger partial charge in [0, 0.05) is 12.8 Å². The van der Waals surface area contributed by atoms with E-state index < -0.39 is 26.5 Å². The molecule has 2 atom stereocenters. The maximum absolute atomic E-state index is 12.6. The lowest BCUT2D eigenvalue weighted by Gasteiger charge is -2.28. The maximum Gasteiger partial charge on any atom is 0.306 e. The molecule has 306 valence electrons. The number of unbranched alkanes of at least 4 members (excludes halogenated alkanes) is 21. The molecule has 52 heavy (non-hydrogen) atoms. The highest BCUT2D eigenvalue weighted by Crippen LogP contribution is 2.38. The SMILES string of the molecule is CCCC/C=C\C=C/CCCCCCCCCC(=O)O[C@H](COC(=O)CCCCCCCCCCCCCCC)COP(=O)([O-])OCC[N+](C)(C)C. The van der Waals surface area contributed by atoms with Gasteiger partial charge < -0.3 is 27.9 Å². The number of nitrogens with zero attached hydrogens (tertiary/aromatic N) is 1. The van der Waals surface area contributed by atoms with Crippen LogP contribution in [0.4, 0.5) is 0 Å². The summed E-state index contributed by atoms with van der Waals surface area (Å²) in [5, 5.41) is 0. The Kier molecular flexibility index (Phi) is 34.2. The number of phosphoric acid groups is 1. The topological polar surface area (TPSA) is 111 Å². The van der Waals surface area contributed by atoms with Crippen LogP contribution in [0.15, 0.2) is 24.3 Å². The van der Waals surface area contributed by atoms with Gasteiger partial charge in [0.05, 0.1) is 27.7 Å². The minimum absolute atomic E-state index is 0.0311. The van der Waals surface area contributed by atoms with Gasteiger partial charge in [-0.25, -0.2) is 0 Å². The first kappa shape index (κ1) is 50.5. The van der Waals surface area contributed by atoms with Crippen molar-refractivity contribution in [1.82, 2.24) is 0 Å². The molecule has 0 saturated carbocycles. The van der Waals surface area contributed by atoms with E-state index in [2.05, 4.69) is 38.2 Å². The van der Waals surface area contributed by atoms with Crippen LogP contribution >= 0.6 is 7.82 Å². The zero-order chi connectivity index (χ0) is 38.6. The van der Waals surface area contributed by atoms with E-state index in [1.807, 2.05) is 21.1 Å². The fraction of sp³-hybridized carbons (Fsp3) is 0.857. The highest BCUT2D eigenvalue weighted by atomic mass is 31.2. The van der Waals surface area contributed by atoms with Crippen LogP contribution in [-0.2, 0) is 32.7 Å². The smallest absolute Gasteiger partial charge is 0.306 e. The lowest BCUT2D eigenvalue weighted by atomic mass is 10.0. The van der Waals surface area contributed by atoms with Crippen molar-refractivity contribution in [3.8, 4) is 0 Å². The zero-order valence-corrected chi connectivity index (χ0v) is 35.2. The molecule has 9 nitrogen and oxygen atoms in total. The average molecular weight is 758 g/mol. The molecule has 0 aromatic heterocycles. The quantitative estimate of drug-likeness (QED) is 0.0201. The zero-order valence-electron chi connectivity index (χ0n) is 34.3. The Morgan fingerprint density at radius 3 is 1.54 bits per heavy atom. The van der Waals surface area contributed by atoms with Crippen molar-refractivity contribution >= 4 is 19.8 Å². The minimum Gasteiger partial charge on any atom is -0.756 e. The molecule has 0 rings (SSSR count). The van der Waals surface area contributed by atoms with E-state index in [4.69, 9.17) is 18.5 Å². The van der Waals surface area contributed by atoms with Crippen molar-refractivity contribution in [2.75, 3.05) is 47.5 Å². The van der Waals surface area contributed by atoms with Crippen LogP contribution in [-0.4, -0.2) is 70.0 Å². The van der Waals surface area contributed by atoms with Gasteiger partial charge in [0.2, 0.25) is 0 Å². The molecule has 0 bridgehead atoms. The number of carbonyl (C=O) groups is 2. The van der Waals surface area contributed by atoms with E-state index in [9.17, 15) is 19.0 Å². The Balaban J connectivity index is 4.39. The number of quaternary nitrogens is 1. The van der Waals surface area contributed by atoms with Crippen molar-refractivity contribution < 1.29 is 42.1 Å². The van der Waals surface area contributed by atoms with Crippen LogP contribution in [0, 0.1) is 0 Å². The second-order valence-corrected chi connectivity index (χ2v) is 16.8. The molecule has 0 fully saturated rings. The van der Waals surface area contributed by atoms with Gasteiger partial charge in [-0.2, -0.15) is 0 Å². The fourth-order valence-electron chi connectivity index (χ4n) is 5.63. The first-order chi connectivity index (χ1) is 25.0. The molecule has 0 heterocycles. The molecular formula is C42H80NO8P. The molecular weight excluding hydrogens is 677 g/mol. The lowest BCUT2D eigenvalue weighted by Crippen LogP contribution is -2.37. The van der Waals surface area contributed by atoms with Gasteiger partial charge >= 0.3 is 11.9 Å². The first-order valence-electron chi connectivity index (χ1n) is 21.1. The number of hydrogen-bond acceptors (Lipinski definition) is 8. The largest absolute Gasteiger partial charge is 0.756 e. The Hall–Kier alpha value is -1.51. The van der Waals surface area contributed by atoms with E-state index in [1.165, 1.54) is 96.3 Å². The predicted octanol–water partition coefficient (Wildman–Crippen LogP) is 10.9. The Labute approximate surface area is 319 Å². The van der Waals surface area contributed by atoms with Crippen molar-refractivity contribution in [3.63, 3.8) is 0 Å². The number of likely N-dealkylation sites (N-methyl/N-ethyl adjacent to an activating group) is 1. The molecule has 0 saturated heterocycles. The van der Waals surface area contributed by atoms with Gasteiger partial charge in [-0.15, -0.1) is 0 Å². The summed E-state index contributed by atoms with van der Waals surface area (Å²) >= 11 is 0. The van der Waals surface area contributed by atoms with Crippen molar-refractivity contribution in [1.29, 1.82) is 0 Å². The maximum atomic E-state index is 12.6. The highest BCUT2D eigenvalue weighted by molar-refractivity contribution is 7.45. The summed E-state index contributed by atoms with van der Waals surface area (Å²) in [5.74, 6) is -0.841. The number of hydrogen-bond donors (Lipinski definition) is 0. The molecule has 0 amide bonds. The van der Waals surface area contributed by atoms with Crippen molar-refractivity contribution in [2.45, 2.75) is 187 Å². The fourth-order valence-corrected chi connectivity index (χ4v) is 6.36. The molecule has 0 spiro atoms. The summed E-state index contributed by atoms with van der Waals surface area (Å²) in [6.45, 7) is 4.17. The van der Waals surface area contributed by atoms with E-state index in [0.717, 1.165) is 51.4 Å². The van der Waals surface area contributed by atoms with Crippen molar-refractivity contribution in [3.05, 3.63) is 24.3 Å². The van der Waals surface area contributed by atoms with Gasteiger partial charge in [0.15, 0.2) is 6.10 Å². The number of carbonyl (C=O) groups excluding carboxylic acids is 2. The molecule has 1 unspecified atom stereocenters. The van der Waals surface area contributed by atoms with Gasteiger partial charge in [0.25, 0.3) is 7.82 Å². The summed E-state index contributed by atoms with van der Waals surface area (Å²) in [6, 6.07) is 0. The Morgan fingerprint density at radius 2 is 1.04 bits per heavy atom. The van der Waals surface area contributed by atoms with Crippen molar-refractivity contribution in [2.24, 2.45) is 0 Å². The Morgan fingerprint density at radius 1 is 0.596 bits per heavy atom. The summed E-state index contributed by atoms with van der Waals surface area (Å²) in [7, 11) is 1.16. The molecule has 0 aromatic carbocycles. The molecule has 0 radical (unpaired) electrons. The number of allylic oxidation sites excluding steroid dienone is 4. The molecule has 0 aliphatic rings. The van der Waals surface area contributed by atoms with Crippen LogP contribution in [0.3, 0.4) is 0 Å². The second-order valence-electron chi connectivity index (χ2n) is 15.4. The third kappa shape index (κ3) is 38.2. The van der Waals surface area contributed by atoms with Gasteiger partial charge in [-0.3, -0.25) is 14.2 Å².